The summed E-state index contributed by atoms with van der Waals surface area (Å²) in [6, 6.07) is 5.62. The highest BCUT2D eigenvalue weighted by molar-refractivity contribution is 9.10. The lowest BCUT2D eigenvalue weighted by Crippen LogP contribution is -1.98. The van der Waals surface area contributed by atoms with E-state index in [1.54, 1.807) is 0 Å². The van der Waals surface area contributed by atoms with Gasteiger partial charge >= 0.3 is 0 Å². The minimum atomic E-state index is 0.664. The van der Waals surface area contributed by atoms with Crippen LogP contribution < -0.4 is 4.74 Å². The average Bonchev–Trinajstić information content (AvgIpc) is 2.18. The highest BCUT2D eigenvalue weighted by atomic mass is 79.9. The molecule has 78 valence electrons. The van der Waals surface area contributed by atoms with Crippen LogP contribution in [-0.2, 0) is 0 Å². The number of ether oxygens (including phenoxy) is 1. The SMILES string of the molecule is CSCCCOc1cc(Br)ccc1Cl. The fourth-order valence-electron chi connectivity index (χ4n) is 0.973. The van der Waals surface area contributed by atoms with Gasteiger partial charge in [0.2, 0.25) is 0 Å². The number of benzene rings is 1. The Morgan fingerprint density at radius 1 is 1.50 bits per heavy atom. The van der Waals surface area contributed by atoms with Crippen LogP contribution in [0.3, 0.4) is 0 Å². The summed E-state index contributed by atoms with van der Waals surface area (Å²) in [4.78, 5) is 0. The first-order valence-electron chi connectivity index (χ1n) is 4.31. The van der Waals surface area contributed by atoms with Crippen molar-refractivity contribution in [2.24, 2.45) is 0 Å². The van der Waals surface area contributed by atoms with Gasteiger partial charge in [-0.25, -0.2) is 0 Å². The predicted molar refractivity (Wildman–Crippen MR) is 67.6 cm³/mol. The molecule has 0 aliphatic heterocycles. The lowest BCUT2D eigenvalue weighted by molar-refractivity contribution is 0.319. The second-order valence-corrected chi connectivity index (χ2v) is 5.08. The summed E-state index contributed by atoms with van der Waals surface area (Å²) in [5.41, 5.74) is 0. The first-order chi connectivity index (χ1) is 6.74. The molecule has 0 radical (unpaired) electrons. The van der Waals surface area contributed by atoms with Crippen LogP contribution in [0.15, 0.2) is 22.7 Å². The largest absolute Gasteiger partial charge is 0.492 e. The summed E-state index contributed by atoms with van der Waals surface area (Å²) in [6.45, 7) is 0.719. The fourth-order valence-corrected chi connectivity index (χ4v) is 1.89. The van der Waals surface area contributed by atoms with Crippen LogP contribution in [0.25, 0.3) is 0 Å². The summed E-state index contributed by atoms with van der Waals surface area (Å²) >= 11 is 11.2. The van der Waals surface area contributed by atoms with Gasteiger partial charge in [-0.1, -0.05) is 27.5 Å². The van der Waals surface area contributed by atoms with Crippen molar-refractivity contribution in [3.05, 3.63) is 27.7 Å². The van der Waals surface area contributed by atoms with Gasteiger partial charge in [0.25, 0.3) is 0 Å². The van der Waals surface area contributed by atoms with E-state index < -0.39 is 0 Å². The third kappa shape index (κ3) is 4.11. The molecule has 0 bridgehead atoms. The Morgan fingerprint density at radius 3 is 3.00 bits per heavy atom. The van der Waals surface area contributed by atoms with Crippen LogP contribution in [0.4, 0.5) is 0 Å². The van der Waals surface area contributed by atoms with E-state index in [9.17, 15) is 0 Å². The van der Waals surface area contributed by atoms with Crippen LogP contribution in [0.5, 0.6) is 5.75 Å². The minimum Gasteiger partial charge on any atom is -0.492 e. The number of halogens is 2. The number of thioether (sulfide) groups is 1. The Bertz CT molecular complexity index is 293. The highest BCUT2D eigenvalue weighted by Gasteiger charge is 2.01. The molecule has 0 aliphatic rings. The van der Waals surface area contributed by atoms with Gasteiger partial charge in [0.15, 0.2) is 0 Å². The van der Waals surface area contributed by atoms with Gasteiger partial charge in [-0.3, -0.25) is 0 Å². The quantitative estimate of drug-likeness (QED) is 0.752. The van der Waals surface area contributed by atoms with Gasteiger partial charge in [0.1, 0.15) is 5.75 Å². The van der Waals surface area contributed by atoms with Crippen molar-refractivity contribution in [1.29, 1.82) is 0 Å². The summed E-state index contributed by atoms with van der Waals surface area (Å²) in [7, 11) is 0. The van der Waals surface area contributed by atoms with E-state index in [2.05, 4.69) is 22.2 Å². The molecule has 1 aromatic carbocycles. The third-order valence-electron chi connectivity index (χ3n) is 1.64. The summed E-state index contributed by atoms with van der Waals surface area (Å²) in [5.74, 6) is 1.87. The number of hydrogen-bond donors (Lipinski definition) is 0. The van der Waals surface area contributed by atoms with Gasteiger partial charge in [-0.2, -0.15) is 11.8 Å². The topological polar surface area (TPSA) is 9.23 Å². The summed E-state index contributed by atoms with van der Waals surface area (Å²) in [6.07, 6.45) is 3.14. The molecule has 0 aliphatic carbocycles. The van der Waals surface area contributed by atoms with Gasteiger partial charge in [-0.15, -0.1) is 0 Å². The van der Waals surface area contributed by atoms with E-state index in [-0.39, 0.29) is 0 Å². The highest BCUT2D eigenvalue weighted by Crippen LogP contribution is 2.27. The number of rotatable bonds is 5. The molecule has 0 aromatic heterocycles. The number of hydrogen-bond acceptors (Lipinski definition) is 2. The maximum absolute atomic E-state index is 5.96. The van der Waals surface area contributed by atoms with Crippen LogP contribution in [-0.4, -0.2) is 18.6 Å². The van der Waals surface area contributed by atoms with Crippen molar-refractivity contribution in [2.45, 2.75) is 6.42 Å². The zero-order valence-electron chi connectivity index (χ0n) is 7.93. The third-order valence-corrected chi connectivity index (χ3v) is 3.15. The molecule has 0 spiro atoms. The second kappa shape index (κ2) is 6.59. The fraction of sp³-hybridized carbons (Fsp3) is 0.400. The van der Waals surface area contributed by atoms with E-state index in [4.69, 9.17) is 16.3 Å². The van der Waals surface area contributed by atoms with Gasteiger partial charge in [0.05, 0.1) is 11.6 Å². The molecule has 1 nitrogen and oxygen atoms in total. The van der Waals surface area contributed by atoms with Crippen molar-refractivity contribution < 1.29 is 4.74 Å². The molecule has 0 N–H and O–H groups in total. The molecule has 0 fully saturated rings. The molecular formula is C10H12BrClOS. The van der Waals surface area contributed by atoms with E-state index in [0.717, 1.165) is 29.0 Å². The summed E-state index contributed by atoms with van der Waals surface area (Å²) < 4.78 is 6.53. The zero-order valence-corrected chi connectivity index (χ0v) is 11.1. The molecule has 0 unspecified atom stereocenters. The standard InChI is InChI=1S/C10H12BrClOS/c1-14-6-2-5-13-10-7-8(11)3-4-9(10)12/h3-4,7H,2,5-6H2,1H3. The lowest BCUT2D eigenvalue weighted by atomic mass is 10.3. The van der Waals surface area contributed by atoms with Gasteiger partial charge < -0.3 is 4.74 Å². The van der Waals surface area contributed by atoms with Crippen molar-refractivity contribution >= 4 is 39.3 Å². The maximum Gasteiger partial charge on any atom is 0.139 e. The Kier molecular flexibility index (Phi) is 5.75. The second-order valence-electron chi connectivity index (χ2n) is 2.77. The molecule has 0 saturated carbocycles. The van der Waals surface area contributed by atoms with Crippen LogP contribution in [0.1, 0.15) is 6.42 Å². The normalized spacial score (nSPS) is 10.2. The van der Waals surface area contributed by atoms with Crippen LogP contribution in [0.2, 0.25) is 5.02 Å². The Balaban J connectivity index is 2.45. The van der Waals surface area contributed by atoms with Crippen LogP contribution >= 0.6 is 39.3 Å². The maximum atomic E-state index is 5.96. The molecule has 1 aromatic rings. The zero-order chi connectivity index (χ0) is 10.4. The van der Waals surface area contributed by atoms with E-state index in [1.807, 2.05) is 30.0 Å². The van der Waals surface area contributed by atoms with E-state index in [1.165, 1.54) is 0 Å². The van der Waals surface area contributed by atoms with E-state index >= 15 is 0 Å². The molecular weight excluding hydrogens is 284 g/mol. The lowest BCUT2D eigenvalue weighted by Gasteiger charge is -2.07. The molecule has 1 rings (SSSR count). The first kappa shape index (κ1) is 12.2. The van der Waals surface area contributed by atoms with Crippen molar-refractivity contribution in [1.82, 2.24) is 0 Å². The smallest absolute Gasteiger partial charge is 0.139 e. The van der Waals surface area contributed by atoms with Crippen molar-refractivity contribution in [2.75, 3.05) is 18.6 Å². The predicted octanol–water partition coefficient (Wildman–Crippen LogP) is 4.23. The minimum absolute atomic E-state index is 0.664. The molecule has 4 heteroatoms. The Hall–Kier alpha value is 0.140. The average molecular weight is 296 g/mol. The molecule has 0 saturated heterocycles. The van der Waals surface area contributed by atoms with Gasteiger partial charge in [-0.05, 0) is 36.6 Å². The molecule has 0 heterocycles. The van der Waals surface area contributed by atoms with Crippen molar-refractivity contribution in [3.8, 4) is 5.75 Å². The van der Waals surface area contributed by atoms with Gasteiger partial charge in [0, 0.05) is 4.47 Å². The van der Waals surface area contributed by atoms with Crippen molar-refractivity contribution in [3.63, 3.8) is 0 Å². The molecule has 0 amide bonds. The molecule has 0 atom stereocenters. The van der Waals surface area contributed by atoms with E-state index in [0.29, 0.717) is 5.02 Å². The van der Waals surface area contributed by atoms with Crippen LogP contribution in [0, 0.1) is 0 Å². The monoisotopic (exact) mass is 294 g/mol. The Labute approximate surface area is 102 Å². The molecule has 14 heavy (non-hydrogen) atoms. The first-order valence-corrected chi connectivity index (χ1v) is 6.87. The summed E-state index contributed by atoms with van der Waals surface area (Å²) in [5, 5.41) is 0.664. The Morgan fingerprint density at radius 2 is 2.29 bits per heavy atom.